The molecule has 1 N–H and O–H groups in total. The fourth-order valence-electron chi connectivity index (χ4n) is 1.96. The summed E-state index contributed by atoms with van der Waals surface area (Å²) in [6.45, 7) is 3.20. The van der Waals surface area contributed by atoms with Gasteiger partial charge in [-0.15, -0.1) is 0 Å². The Morgan fingerprint density at radius 2 is 1.94 bits per heavy atom. The molecule has 0 saturated heterocycles. The van der Waals surface area contributed by atoms with Crippen LogP contribution in [-0.4, -0.2) is 16.5 Å². The summed E-state index contributed by atoms with van der Waals surface area (Å²) >= 11 is 0. The van der Waals surface area contributed by atoms with Crippen molar-refractivity contribution in [3.05, 3.63) is 60.2 Å². The number of hydrogen-bond acceptors (Lipinski definition) is 3. The first kappa shape index (κ1) is 12.7. The average molecular weight is 241 g/mol. The molecule has 2 aromatic rings. The van der Waals surface area contributed by atoms with E-state index in [-0.39, 0.29) is 0 Å². The van der Waals surface area contributed by atoms with E-state index in [4.69, 9.17) is 0 Å². The van der Waals surface area contributed by atoms with Crippen LogP contribution in [0, 0.1) is 0 Å². The molecule has 0 fully saturated rings. The van der Waals surface area contributed by atoms with Gasteiger partial charge >= 0.3 is 0 Å². The van der Waals surface area contributed by atoms with E-state index in [9.17, 15) is 0 Å². The van der Waals surface area contributed by atoms with E-state index in [1.807, 2.05) is 30.9 Å². The Labute approximate surface area is 108 Å². The van der Waals surface area contributed by atoms with Crippen molar-refractivity contribution in [3.8, 4) is 0 Å². The van der Waals surface area contributed by atoms with Gasteiger partial charge in [-0.2, -0.15) is 0 Å². The van der Waals surface area contributed by atoms with Gasteiger partial charge in [-0.1, -0.05) is 13.0 Å². The van der Waals surface area contributed by atoms with Crippen LogP contribution in [0.4, 0.5) is 0 Å². The lowest BCUT2D eigenvalue weighted by Crippen LogP contribution is -2.24. The van der Waals surface area contributed by atoms with Crippen molar-refractivity contribution < 1.29 is 0 Å². The highest BCUT2D eigenvalue weighted by Gasteiger charge is 2.11. The minimum absolute atomic E-state index is 0.320. The fourth-order valence-corrected chi connectivity index (χ4v) is 1.96. The third kappa shape index (κ3) is 3.64. The predicted octanol–water partition coefficient (Wildman–Crippen LogP) is 2.76. The second-order valence-electron chi connectivity index (χ2n) is 4.35. The zero-order valence-electron chi connectivity index (χ0n) is 10.7. The first-order valence-corrected chi connectivity index (χ1v) is 6.42. The second kappa shape index (κ2) is 6.87. The van der Waals surface area contributed by atoms with Crippen LogP contribution in [0.3, 0.4) is 0 Å². The van der Waals surface area contributed by atoms with Crippen molar-refractivity contribution >= 4 is 0 Å². The molecule has 0 aliphatic carbocycles. The summed E-state index contributed by atoms with van der Waals surface area (Å²) < 4.78 is 0. The monoisotopic (exact) mass is 241 g/mol. The maximum absolute atomic E-state index is 4.20. The summed E-state index contributed by atoms with van der Waals surface area (Å²) in [6.07, 6.45) is 9.54. The van der Waals surface area contributed by atoms with E-state index >= 15 is 0 Å². The Morgan fingerprint density at radius 1 is 1.11 bits per heavy atom. The molecule has 1 unspecified atom stereocenters. The normalized spacial score (nSPS) is 12.3. The molecule has 2 heterocycles. The number of pyridine rings is 2. The van der Waals surface area contributed by atoms with Crippen LogP contribution in [0.25, 0.3) is 0 Å². The first-order valence-electron chi connectivity index (χ1n) is 6.42. The molecule has 2 aromatic heterocycles. The average Bonchev–Trinajstić information content (AvgIpc) is 2.45. The standard InChI is InChI=1S/C15H19N3/c1-2-7-18-15(14-4-3-8-17-12-14)11-13-5-9-16-10-6-13/h3-6,8-10,12,15,18H,2,7,11H2,1H3. The lowest BCUT2D eigenvalue weighted by molar-refractivity contribution is 0.528. The molecule has 0 aromatic carbocycles. The Balaban J connectivity index is 2.10. The number of aromatic nitrogens is 2. The third-order valence-electron chi connectivity index (χ3n) is 2.92. The number of nitrogens with zero attached hydrogens (tertiary/aromatic N) is 2. The molecule has 0 radical (unpaired) electrons. The van der Waals surface area contributed by atoms with Gasteiger partial charge in [0.25, 0.3) is 0 Å². The molecule has 0 amide bonds. The SMILES string of the molecule is CCCNC(Cc1ccncc1)c1cccnc1. The largest absolute Gasteiger partial charge is 0.310 e. The summed E-state index contributed by atoms with van der Waals surface area (Å²) in [4.78, 5) is 8.26. The van der Waals surface area contributed by atoms with E-state index in [2.05, 4.69) is 40.4 Å². The molecule has 1 atom stereocenters. The second-order valence-corrected chi connectivity index (χ2v) is 4.35. The van der Waals surface area contributed by atoms with Crippen molar-refractivity contribution in [2.45, 2.75) is 25.8 Å². The highest BCUT2D eigenvalue weighted by atomic mass is 14.9. The topological polar surface area (TPSA) is 37.8 Å². The predicted molar refractivity (Wildman–Crippen MR) is 73.2 cm³/mol. The van der Waals surface area contributed by atoms with Crippen molar-refractivity contribution in [3.63, 3.8) is 0 Å². The Morgan fingerprint density at radius 3 is 2.61 bits per heavy atom. The number of nitrogens with one attached hydrogen (secondary N) is 1. The van der Waals surface area contributed by atoms with Gasteiger partial charge in [-0.3, -0.25) is 9.97 Å². The Hall–Kier alpha value is -1.74. The molecule has 3 heteroatoms. The quantitative estimate of drug-likeness (QED) is 0.845. The van der Waals surface area contributed by atoms with Gasteiger partial charge in [0.2, 0.25) is 0 Å². The molecule has 2 rings (SSSR count). The summed E-state index contributed by atoms with van der Waals surface area (Å²) in [5.41, 5.74) is 2.53. The van der Waals surface area contributed by atoms with Crippen molar-refractivity contribution in [1.29, 1.82) is 0 Å². The summed E-state index contributed by atoms with van der Waals surface area (Å²) in [5, 5.41) is 3.57. The molecule has 94 valence electrons. The van der Waals surface area contributed by atoms with Crippen LogP contribution in [0.1, 0.15) is 30.5 Å². The van der Waals surface area contributed by atoms with Gasteiger partial charge in [-0.05, 0) is 48.7 Å². The van der Waals surface area contributed by atoms with Gasteiger partial charge in [0, 0.05) is 30.8 Å². The first-order chi connectivity index (χ1) is 8.90. The van der Waals surface area contributed by atoms with Crippen LogP contribution in [0.2, 0.25) is 0 Å². The van der Waals surface area contributed by atoms with E-state index in [1.165, 1.54) is 11.1 Å². The van der Waals surface area contributed by atoms with Gasteiger partial charge in [0.05, 0.1) is 0 Å². The minimum Gasteiger partial charge on any atom is -0.310 e. The summed E-state index contributed by atoms with van der Waals surface area (Å²) in [6, 6.07) is 8.57. The maximum atomic E-state index is 4.20. The van der Waals surface area contributed by atoms with Gasteiger partial charge < -0.3 is 5.32 Å². The van der Waals surface area contributed by atoms with E-state index in [0.717, 1.165) is 19.4 Å². The number of hydrogen-bond donors (Lipinski definition) is 1. The smallest absolute Gasteiger partial charge is 0.0376 e. The molecule has 18 heavy (non-hydrogen) atoms. The Bertz CT molecular complexity index is 442. The number of rotatable bonds is 6. The highest BCUT2D eigenvalue weighted by molar-refractivity contribution is 5.19. The summed E-state index contributed by atoms with van der Waals surface area (Å²) in [7, 11) is 0. The minimum atomic E-state index is 0.320. The summed E-state index contributed by atoms with van der Waals surface area (Å²) in [5.74, 6) is 0. The van der Waals surface area contributed by atoms with Gasteiger partial charge in [0.15, 0.2) is 0 Å². The van der Waals surface area contributed by atoms with Crippen LogP contribution in [-0.2, 0) is 6.42 Å². The van der Waals surface area contributed by atoms with E-state index in [1.54, 1.807) is 0 Å². The van der Waals surface area contributed by atoms with Crippen LogP contribution >= 0.6 is 0 Å². The zero-order valence-corrected chi connectivity index (χ0v) is 10.7. The van der Waals surface area contributed by atoms with Gasteiger partial charge in [0.1, 0.15) is 0 Å². The lowest BCUT2D eigenvalue weighted by Gasteiger charge is -2.18. The van der Waals surface area contributed by atoms with E-state index in [0.29, 0.717) is 6.04 Å². The van der Waals surface area contributed by atoms with E-state index < -0.39 is 0 Å². The molecule has 0 bridgehead atoms. The van der Waals surface area contributed by atoms with Crippen LogP contribution in [0.15, 0.2) is 49.1 Å². The molecule has 0 aliphatic rings. The molecular formula is C15H19N3. The molecule has 0 aliphatic heterocycles. The highest BCUT2D eigenvalue weighted by Crippen LogP contribution is 2.17. The third-order valence-corrected chi connectivity index (χ3v) is 2.92. The van der Waals surface area contributed by atoms with Crippen molar-refractivity contribution in [2.75, 3.05) is 6.54 Å². The van der Waals surface area contributed by atoms with Crippen LogP contribution < -0.4 is 5.32 Å². The fraction of sp³-hybridized carbons (Fsp3) is 0.333. The molecular weight excluding hydrogens is 222 g/mol. The molecule has 3 nitrogen and oxygen atoms in total. The maximum Gasteiger partial charge on any atom is 0.0376 e. The molecule has 0 spiro atoms. The van der Waals surface area contributed by atoms with Crippen molar-refractivity contribution in [2.24, 2.45) is 0 Å². The Kier molecular flexibility index (Phi) is 4.85. The van der Waals surface area contributed by atoms with Gasteiger partial charge in [-0.25, -0.2) is 0 Å². The van der Waals surface area contributed by atoms with Crippen molar-refractivity contribution in [1.82, 2.24) is 15.3 Å². The zero-order chi connectivity index (χ0) is 12.6. The molecule has 0 saturated carbocycles. The lowest BCUT2D eigenvalue weighted by atomic mass is 10.0. The van der Waals surface area contributed by atoms with Crippen LogP contribution in [0.5, 0.6) is 0 Å².